The number of aliphatic imine (C=N–C) groups is 1. The van der Waals surface area contributed by atoms with E-state index in [9.17, 15) is 19.5 Å². The average Bonchev–Trinajstić information content (AvgIpc) is 3.19. The number of nitrogens with zero attached hydrogens (tertiary/aromatic N) is 1. The van der Waals surface area contributed by atoms with E-state index in [2.05, 4.69) is 15.6 Å². The fourth-order valence-electron chi connectivity index (χ4n) is 2.59. The molecular weight excluding hydrogens is 302 g/mol. The quantitative estimate of drug-likeness (QED) is 0.552. The van der Waals surface area contributed by atoms with Crippen LogP contribution in [-0.2, 0) is 9.59 Å². The molecule has 2 aliphatic rings. The maximum atomic E-state index is 12.3. The molecule has 0 spiro atoms. The third-order valence-electron chi connectivity index (χ3n) is 4.06. The highest BCUT2D eigenvalue weighted by Crippen LogP contribution is 2.45. The van der Waals surface area contributed by atoms with Crippen molar-refractivity contribution in [3.05, 3.63) is 12.2 Å². The van der Waals surface area contributed by atoms with E-state index in [1.807, 2.05) is 12.2 Å². The van der Waals surface area contributed by atoms with Gasteiger partial charge in [0.2, 0.25) is 5.91 Å². The van der Waals surface area contributed by atoms with E-state index in [1.54, 1.807) is 0 Å². The molecule has 23 heavy (non-hydrogen) atoms. The highest BCUT2D eigenvalue weighted by Gasteiger charge is 2.60. The zero-order valence-corrected chi connectivity index (χ0v) is 12.7. The van der Waals surface area contributed by atoms with Crippen molar-refractivity contribution in [2.45, 2.75) is 43.7 Å². The highest BCUT2D eigenvalue weighted by atomic mass is 16.4. The van der Waals surface area contributed by atoms with Crippen LogP contribution in [0.3, 0.4) is 0 Å². The molecule has 0 unspecified atom stereocenters. The Kier molecular flexibility index (Phi) is 5.49. The second-order valence-electron chi connectivity index (χ2n) is 5.76. The van der Waals surface area contributed by atoms with Gasteiger partial charge in [-0.25, -0.2) is 14.6 Å². The summed E-state index contributed by atoms with van der Waals surface area (Å²) < 4.78 is 0. The summed E-state index contributed by atoms with van der Waals surface area (Å²) in [7, 11) is 0. The minimum absolute atomic E-state index is 0.0106. The number of amides is 3. The number of carbonyl (C=O) groups is 3. The van der Waals surface area contributed by atoms with Gasteiger partial charge in [0, 0.05) is 18.7 Å². The van der Waals surface area contributed by atoms with Crippen molar-refractivity contribution in [3.8, 4) is 0 Å². The molecule has 0 radical (unpaired) electrons. The minimum atomic E-state index is -1.32. The van der Waals surface area contributed by atoms with Crippen molar-refractivity contribution < 1.29 is 24.6 Å². The van der Waals surface area contributed by atoms with E-state index in [4.69, 9.17) is 5.11 Å². The van der Waals surface area contributed by atoms with Crippen LogP contribution in [-0.4, -0.2) is 52.5 Å². The Morgan fingerprint density at radius 1 is 1.39 bits per heavy atom. The van der Waals surface area contributed by atoms with Crippen molar-refractivity contribution >= 4 is 24.1 Å². The van der Waals surface area contributed by atoms with E-state index in [1.165, 1.54) is 6.21 Å². The van der Waals surface area contributed by atoms with Crippen LogP contribution < -0.4 is 10.6 Å². The topological polar surface area (TPSA) is 128 Å². The molecule has 2 rings (SSSR count). The maximum Gasteiger partial charge on any atom is 0.341 e. The summed E-state index contributed by atoms with van der Waals surface area (Å²) in [6.45, 7) is -0.314. The first kappa shape index (κ1) is 17.1. The number of allylic oxidation sites excluding steroid dienone is 1. The molecule has 0 aromatic heterocycles. The van der Waals surface area contributed by atoms with Gasteiger partial charge in [-0.3, -0.25) is 4.79 Å². The number of aliphatic carboxylic acids is 1. The Balaban J connectivity index is 2.18. The summed E-state index contributed by atoms with van der Waals surface area (Å²) >= 11 is 0. The minimum Gasteiger partial charge on any atom is -0.479 e. The van der Waals surface area contributed by atoms with Crippen molar-refractivity contribution in [1.82, 2.24) is 10.6 Å². The number of carbonyl (C=O) groups excluding carboxylic acids is 2. The van der Waals surface area contributed by atoms with E-state index in [-0.39, 0.29) is 18.9 Å². The molecule has 8 heteroatoms. The van der Waals surface area contributed by atoms with Gasteiger partial charge >= 0.3 is 12.0 Å². The molecule has 0 aromatic carbocycles. The molecule has 1 saturated carbocycles. The standard InChI is InChI=1S/C15H21N3O5/c19-8-6-11-12(20)18-15(13(21)22)9-10(15)5-3-1-2-4-7-16-14(23)17-11/h3,5,7,10-11,19H,1-2,4,6,8-9H2,(H,17,23)(H,18,20)(H,21,22)/b5-3-,16-7+/t10-,11-,15+/m0/s1. The number of fused-ring (bicyclic) bond motifs is 1. The Labute approximate surface area is 133 Å². The SMILES string of the molecule is O=C1/N=C/CCC/C=C\[C@H]2C[C@@]2(C(=O)O)NC(=O)[C@H](CCO)N1. The van der Waals surface area contributed by atoms with Gasteiger partial charge < -0.3 is 20.8 Å². The predicted molar refractivity (Wildman–Crippen MR) is 82.1 cm³/mol. The number of aliphatic hydroxyl groups is 1. The molecule has 1 fully saturated rings. The first-order chi connectivity index (χ1) is 11.0. The molecule has 1 heterocycles. The summed E-state index contributed by atoms with van der Waals surface area (Å²) in [5, 5.41) is 23.4. The number of nitrogens with one attached hydrogen (secondary N) is 2. The van der Waals surface area contributed by atoms with Crippen molar-refractivity contribution in [2.75, 3.05) is 6.61 Å². The second-order valence-corrected chi connectivity index (χ2v) is 5.76. The average molecular weight is 323 g/mol. The lowest BCUT2D eigenvalue weighted by Gasteiger charge is -2.20. The fraction of sp³-hybridized carbons (Fsp3) is 0.600. The Hall–Kier alpha value is -2.22. The van der Waals surface area contributed by atoms with Crippen LogP contribution in [0.5, 0.6) is 0 Å². The third-order valence-corrected chi connectivity index (χ3v) is 4.06. The smallest absolute Gasteiger partial charge is 0.341 e. The van der Waals surface area contributed by atoms with Gasteiger partial charge in [-0.1, -0.05) is 12.2 Å². The van der Waals surface area contributed by atoms with Crippen LogP contribution in [0, 0.1) is 5.92 Å². The monoisotopic (exact) mass is 323 g/mol. The molecule has 3 atom stereocenters. The lowest BCUT2D eigenvalue weighted by Crippen LogP contribution is -2.53. The molecule has 1 aliphatic heterocycles. The third kappa shape index (κ3) is 4.16. The van der Waals surface area contributed by atoms with E-state index < -0.39 is 29.5 Å². The number of hydrogen-bond acceptors (Lipinski definition) is 4. The largest absolute Gasteiger partial charge is 0.479 e. The number of rotatable bonds is 3. The van der Waals surface area contributed by atoms with Crippen LogP contribution in [0.4, 0.5) is 4.79 Å². The lowest BCUT2D eigenvalue weighted by atomic mass is 10.1. The van der Waals surface area contributed by atoms with Gasteiger partial charge in [0.1, 0.15) is 11.6 Å². The first-order valence-corrected chi connectivity index (χ1v) is 7.65. The van der Waals surface area contributed by atoms with Gasteiger partial charge in [-0.15, -0.1) is 0 Å². The van der Waals surface area contributed by atoms with E-state index in [0.29, 0.717) is 12.8 Å². The summed E-state index contributed by atoms with van der Waals surface area (Å²) in [6, 6.07) is -1.70. The van der Waals surface area contributed by atoms with Gasteiger partial charge in [0.15, 0.2) is 0 Å². The Morgan fingerprint density at radius 2 is 2.17 bits per heavy atom. The van der Waals surface area contributed by atoms with Crippen LogP contribution in [0.15, 0.2) is 17.1 Å². The summed E-state index contributed by atoms with van der Waals surface area (Å²) in [4.78, 5) is 39.2. The number of urea groups is 1. The number of aliphatic hydroxyl groups excluding tert-OH is 1. The van der Waals surface area contributed by atoms with E-state index in [0.717, 1.165) is 12.8 Å². The van der Waals surface area contributed by atoms with Gasteiger partial charge in [0.05, 0.1) is 0 Å². The summed E-state index contributed by atoms with van der Waals surface area (Å²) in [5.41, 5.74) is -1.32. The van der Waals surface area contributed by atoms with Crippen LogP contribution in [0.1, 0.15) is 32.1 Å². The number of carboxylic acids is 1. The van der Waals surface area contributed by atoms with Crippen LogP contribution in [0.2, 0.25) is 0 Å². The lowest BCUT2D eigenvalue weighted by molar-refractivity contribution is -0.143. The Morgan fingerprint density at radius 3 is 2.87 bits per heavy atom. The number of carboxylic acid groups (broad SMARTS) is 1. The first-order valence-electron chi connectivity index (χ1n) is 7.65. The summed E-state index contributed by atoms with van der Waals surface area (Å²) in [5.74, 6) is -1.98. The maximum absolute atomic E-state index is 12.3. The van der Waals surface area contributed by atoms with Gasteiger partial charge in [-0.05, 0) is 32.1 Å². The van der Waals surface area contributed by atoms with Crippen molar-refractivity contribution in [1.29, 1.82) is 0 Å². The van der Waals surface area contributed by atoms with Crippen molar-refractivity contribution in [3.63, 3.8) is 0 Å². The normalized spacial score (nSPS) is 34.3. The van der Waals surface area contributed by atoms with Crippen molar-refractivity contribution in [2.24, 2.45) is 10.9 Å². The second kappa shape index (κ2) is 7.36. The van der Waals surface area contributed by atoms with E-state index >= 15 is 0 Å². The molecule has 126 valence electrons. The fourth-order valence-corrected chi connectivity index (χ4v) is 2.59. The van der Waals surface area contributed by atoms with Gasteiger partial charge in [0.25, 0.3) is 0 Å². The molecule has 8 nitrogen and oxygen atoms in total. The zero-order valence-electron chi connectivity index (χ0n) is 12.7. The van der Waals surface area contributed by atoms with Gasteiger partial charge in [-0.2, -0.15) is 0 Å². The zero-order chi connectivity index (χ0) is 16.9. The summed E-state index contributed by atoms with van der Waals surface area (Å²) in [6.07, 6.45) is 7.67. The predicted octanol–water partition coefficient (Wildman–Crippen LogP) is 0.217. The van der Waals surface area contributed by atoms with Crippen LogP contribution in [0.25, 0.3) is 0 Å². The molecular formula is C15H21N3O5. The number of hydrogen-bond donors (Lipinski definition) is 4. The Bertz CT molecular complexity index is 545. The molecule has 0 saturated heterocycles. The van der Waals surface area contributed by atoms with Crippen LogP contribution >= 0.6 is 0 Å². The highest BCUT2D eigenvalue weighted by molar-refractivity contribution is 5.95. The molecule has 3 amide bonds. The molecule has 4 N–H and O–H groups in total. The molecule has 1 aliphatic carbocycles. The molecule has 0 bridgehead atoms. The molecule has 0 aromatic rings.